The van der Waals surface area contributed by atoms with Crippen molar-refractivity contribution in [3.63, 3.8) is 0 Å². The van der Waals surface area contributed by atoms with E-state index in [1.807, 2.05) is 19.1 Å². The third-order valence-corrected chi connectivity index (χ3v) is 5.87. The normalized spacial score (nSPS) is 26.0. The van der Waals surface area contributed by atoms with Crippen molar-refractivity contribution in [3.8, 4) is 5.75 Å². The van der Waals surface area contributed by atoms with E-state index in [0.717, 1.165) is 38.5 Å². The van der Waals surface area contributed by atoms with Gasteiger partial charge in [0.15, 0.2) is 0 Å². The molecule has 4 rings (SSSR count). The molecule has 0 saturated carbocycles. The van der Waals surface area contributed by atoms with E-state index in [1.165, 1.54) is 10.6 Å². The molecule has 0 spiro atoms. The highest BCUT2D eigenvalue weighted by atomic mass is 16.5. The summed E-state index contributed by atoms with van der Waals surface area (Å²) in [5, 5.41) is 0. The predicted molar refractivity (Wildman–Crippen MR) is 99.2 cm³/mol. The van der Waals surface area contributed by atoms with Crippen molar-refractivity contribution in [2.45, 2.75) is 19.8 Å². The van der Waals surface area contributed by atoms with Gasteiger partial charge in [-0.05, 0) is 43.0 Å². The number of rotatable bonds is 6. The molecular formula is C20H27N3O3. The molecule has 0 aliphatic carbocycles. The molecule has 3 aliphatic heterocycles. The standard InChI is InChI=1S/C20H27N3O3/c1-2-26-18-5-3-17(4-6-18)22-13-15-11-21(12-16(15)14-22)9-10-23-19(24)7-8-20(23)25/h3-6,15-16H,2,7-14H2,1H3. The number of hydrogen-bond donors (Lipinski definition) is 0. The zero-order valence-electron chi connectivity index (χ0n) is 15.4. The lowest BCUT2D eigenvalue weighted by molar-refractivity contribution is -0.138. The number of hydrogen-bond acceptors (Lipinski definition) is 5. The Balaban J connectivity index is 1.27. The summed E-state index contributed by atoms with van der Waals surface area (Å²) in [5.41, 5.74) is 1.27. The first-order valence-electron chi connectivity index (χ1n) is 9.67. The van der Waals surface area contributed by atoms with Gasteiger partial charge in [-0.2, -0.15) is 0 Å². The number of imide groups is 1. The van der Waals surface area contributed by atoms with Crippen LogP contribution in [0.3, 0.4) is 0 Å². The van der Waals surface area contributed by atoms with Gasteiger partial charge in [0.25, 0.3) is 0 Å². The second-order valence-electron chi connectivity index (χ2n) is 7.55. The molecule has 2 amide bonds. The SMILES string of the molecule is CCOc1ccc(N2CC3CN(CCN4C(=O)CCC4=O)CC3C2)cc1. The number of ether oxygens (including phenoxy) is 1. The van der Waals surface area contributed by atoms with E-state index in [4.69, 9.17) is 4.74 Å². The molecule has 2 unspecified atom stereocenters. The summed E-state index contributed by atoms with van der Waals surface area (Å²) in [6.45, 7) is 8.35. The maximum Gasteiger partial charge on any atom is 0.229 e. The van der Waals surface area contributed by atoms with Crippen LogP contribution in [-0.2, 0) is 9.59 Å². The lowest BCUT2D eigenvalue weighted by Crippen LogP contribution is -2.38. The number of fused-ring (bicyclic) bond motifs is 1. The Morgan fingerprint density at radius 1 is 0.923 bits per heavy atom. The van der Waals surface area contributed by atoms with Crippen LogP contribution in [0.5, 0.6) is 5.75 Å². The highest BCUT2D eigenvalue weighted by molar-refractivity contribution is 6.01. The molecular weight excluding hydrogens is 330 g/mol. The highest BCUT2D eigenvalue weighted by Gasteiger charge is 2.40. The van der Waals surface area contributed by atoms with Crippen LogP contribution in [0.1, 0.15) is 19.8 Å². The minimum absolute atomic E-state index is 0.00364. The Morgan fingerprint density at radius 2 is 1.54 bits per heavy atom. The van der Waals surface area contributed by atoms with Gasteiger partial charge in [-0.1, -0.05) is 0 Å². The van der Waals surface area contributed by atoms with Crippen molar-refractivity contribution in [2.75, 3.05) is 50.8 Å². The van der Waals surface area contributed by atoms with E-state index in [-0.39, 0.29) is 11.8 Å². The zero-order chi connectivity index (χ0) is 18.1. The first kappa shape index (κ1) is 17.3. The minimum atomic E-state index is -0.00364. The Hall–Kier alpha value is -2.08. The first-order valence-corrected chi connectivity index (χ1v) is 9.67. The van der Waals surface area contributed by atoms with Gasteiger partial charge >= 0.3 is 0 Å². The fourth-order valence-electron chi connectivity index (χ4n) is 4.52. The van der Waals surface area contributed by atoms with Gasteiger partial charge in [-0.15, -0.1) is 0 Å². The minimum Gasteiger partial charge on any atom is -0.494 e. The average molecular weight is 357 g/mol. The number of amides is 2. The van der Waals surface area contributed by atoms with Crippen molar-refractivity contribution in [1.29, 1.82) is 0 Å². The van der Waals surface area contributed by atoms with E-state index in [2.05, 4.69) is 21.9 Å². The van der Waals surface area contributed by atoms with Gasteiger partial charge in [0, 0.05) is 57.8 Å². The van der Waals surface area contributed by atoms with Gasteiger partial charge in [0.05, 0.1) is 6.61 Å². The average Bonchev–Trinajstić information content (AvgIpc) is 3.28. The van der Waals surface area contributed by atoms with Crippen molar-refractivity contribution < 1.29 is 14.3 Å². The summed E-state index contributed by atoms with van der Waals surface area (Å²) < 4.78 is 5.52. The molecule has 3 saturated heterocycles. The van der Waals surface area contributed by atoms with Gasteiger partial charge in [-0.25, -0.2) is 0 Å². The number of anilines is 1. The lowest BCUT2D eigenvalue weighted by Gasteiger charge is -2.24. The quantitative estimate of drug-likeness (QED) is 0.724. The molecule has 0 N–H and O–H groups in total. The molecule has 0 radical (unpaired) electrons. The van der Waals surface area contributed by atoms with Crippen molar-refractivity contribution in [2.24, 2.45) is 11.8 Å². The Labute approximate surface area is 154 Å². The van der Waals surface area contributed by atoms with Gasteiger partial charge in [-0.3, -0.25) is 14.5 Å². The third kappa shape index (κ3) is 3.43. The summed E-state index contributed by atoms with van der Waals surface area (Å²) in [5.74, 6) is 2.26. The van der Waals surface area contributed by atoms with E-state index >= 15 is 0 Å². The zero-order valence-corrected chi connectivity index (χ0v) is 15.4. The molecule has 26 heavy (non-hydrogen) atoms. The molecule has 1 aromatic carbocycles. The number of likely N-dealkylation sites (tertiary alicyclic amines) is 2. The van der Waals surface area contributed by atoms with Crippen LogP contribution in [0, 0.1) is 11.8 Å². The second-order valence-corrected chi connectivity index (χ2v) is 7.55. The van der Waals surface area contributed by atoms with Crippen molar-refractivity contribution in [3.05, 3.63) is 24.3 Å². The van der Waals surface area contributed by atoms with Crippen molar-refractivity contribution in [1.82, 2.24) is 9.80 Å². The lowest BCUT2D eigenvalue weighted by atomic mass is 10.0. The van der Waals surface area contributed by atoms with Gasteiger partial charge in [0.2, 0.25) is 11.8 Å². The molecule has 6 heteroatoms. The van der Waals surface area contributed by atoms with E-state index in [1.54, 1.807) is 0 Å². The fraction of sp³-hybridized carbons (Fsp3) is 0.600. The molecule has 0 bridgehead atoms. The summed E-state index contributed by atoms with van der Waals surface area (Å²) >= 11 is 0. The Kier molecular flexibility index (Phi) is 4.85. The summed E-state index contributed by atoms with van der Waals surface area (Å²) in [4.78, 5) is 29.8. The summed E-state index contributed by atoms with van der Waals surface area (Å²) in [6, 6.07) is 8.38. The monoisotopic (exact) mass is 357 g/mol. The molecule has 140 valence electrons. The largest absolute Gasteiger partial charge is 0.494 e. The van der Waals surface area contributed by atoms with E-state index in [9.17, 15) is 9.59 Å². The van der Waals surface area contributed by atoms with Crippen LogP contribution in [0.2, 0.25) is 0 Å². The molecule has 3 fully saturated rings. The van der Waals surface area contributed by atoms with E-state index < -0.39 is 0 Å². The first-order chi connectivity index (χ1) is 12.6. The highest BCUT2D eigenvalue weighted by Crippen LogP contribution is 2.34. The van der Waals surface area contributed by atoms with Crippen molar-refractivity contribution >= 4 is 17.5 Å². The number of carbonyl (C=O) groups is 2. The Bertz CT molecular complexity index is 645. The maximum atomic E-state index is 11.7. The molecule has 3 aliphatic rings. The molecule has 6 nitrogen and oxygen atoms in total. The number of nitrogens with zero attached hydrogens (tertiary/aromatic N) is 3. The molecule has 3 heterocycles. The van der Waals surface area contributed by atoms with Crippen LogP contribution in [0.25, 0.3) is 0 Å². The maximum absolute atomic E-state index is 11.7. The van der Waals surface area contributed by atoms with Crippen LogP contribution in [0.15, 0.2) is 24.3 Å². The molecule has 2 atom stereocenters. The van der Waals surface area contributed by atoms with Crippen LogP contribution in [0.4, 0.5) is 5.69 Å². The van der Waals surface area contributed by atoms with E-state index in [0.29, 0.717) is 37.8 Å². The predicted octanol–water partition coefficient (Wildman–Crippen LogP) is 1.60. The smallest absolute Gasteiger partial charge is 0.229 e. The van der Waals surface area contributed by atoms with Gasteiger partial charge in [0.1, 0.15) is 5.75 Å². The van der Waals surface area contributed by atoms with Crippen LogP contribution < -0.4 is 9.64 Å². The second kappa shape index (κ2) is 7.27. The summed E-state index contributed by atoms with van der Waals surface area (Å²) in [7, 11) is 0. The fourth-order valence-corrected chi connectivity index (χ4v) is 4.52. The van der Waals surface area contributed by atoms with Crippen LogP contribution >= 0.6 is 0 Å². The number of carbonyl (C=O) groups excluding carboxylic acids is 2. The third-order valence-electron chi connectivity index (χ3n) is 5.87. The summed E-state index contributed by atoms with van der Waals surface area (Å²) in [6.07, 6.45) is 0.780. The molecule has 1 aromatic rings. The van der Waals surface area contributed by atoms with Crippen LogP contribution in [-0.4, -0.2) is 67.5 Å². The van der Waals surface area contributed by atoms with Gasteiger partial charge < -0.3 is 14.5 Å². The topological polar surface area (TPSA) is 53.1 Å². The Morgan fingerprint density at radius 3 is 2.12 bits per heavy atom. The molecule has 0 aromatic heterocycles. The number of benzene rings is 1.